The van der Waals surface area contributed by atoms with Crippen LogP contribution in [0.15, 0.2) is 12.1 Å². The summed E-state index contributed by atoms with van der Waals surface area (Å²) in [7, 11) is 0. The molecule has 1 fully saturated rings. The van der Waals surface area contributed by atoms with Crippen LogP contribution in [0.1, 0.15) is 31.4 Å². The highest BCUT2D eigenvalue weighted by Crippen LogP contribution is 2.40. The second-order valence-electron chi connectivity index (χ2n) is 5.00. The van der Waals surface area contributed by atoms with Crippen LogP contribution in [0, 0.1) is 23.4 Å². The Bertz CT molecular complexity index is 637. The van der Waals surface area contributed by atoms with Crippen LogP contribution in [0.3, 0.4) is 0 Å². The fourth-order valence-corrected chi connectivity index (χ4v) is 2.82. The summed E-state index contributed by atoms with van der Waals surface area (Å²) in [5, 5.41) is 0. The van der Waals surface area contributed by atoms with Crippen molar-refractivity contribution in [2.24, 2.45) is 5.92 Å². The molecule has 0 radical (unpaired) electrons. The van der Waals surface area contributed by atoms with E-state index in [9.17, 15) is 4.39 Å². The molecule has 0 spiro atoms. The van der Waals surface area contributed by atoms with Gasteiger partial charge in [-0.05, 0) is 62.5 Å². The van der Waals surface area contributed by atoms with Gasteiger partial charge < -0.3 is 9.55 Å². The molecule has 0 bridgehead atoms. The fourth-order valence-electron chi connectivity index (χ4n) is 2.44. The molecular weight excluding hydrogens is 235 g/mol. The van der Waals surface area contributed by atoms with E-state index in [-0.39, 0.29) is 5.82 Å². The molecule has 2 aromatic rings. The molecule has 1 N–H and O–H groups in total. The largest absolute Gasteiger partial charge is 0.330 e. The van der Waals surface area contributed by atoms with Crippen molar-refractivity contribution in [1.82, 2.24) is 9.55 Å². The van der Waals surface area contributed by atoms with E-state index in [2.05, 4.69) is 16.5 Å². The van der Waals surface area contributed by atoms with Crippen LogP contribution in [0.5, 0.6) is 0 Å². The second kappa shape index (κ2) is 3.67. The minimum absolute atomic E-state index is 0.181. The molecule has 1 unspecified atom stereocenters. The van der Waals surface area contributed by atoms with Crippen LogP contribution in [0.25, 0.3) is 11.0 Å². The Kier molecular flexibility index (Phi) is 2.36. The summed E-state index contributed by atoms with van der Waals surface area (Å²) in [6, 6.07) is 3.83. The zero-order chi connectivity index (χ0) is 12.2. The topological polar surface area (TPSA) is 20.7 Å². The highest BCUT2D eigenvalue weighted by Gasteiger charge is 2.30. The lowest BCUT2D eigenvalue weighted by Crippen LogP contribution is -2.07. The number of aryl methyl sites for hydroxylation is 1. The number of hydrogen-bond donors (Lipinski definition) is 1. The average Bonchev–Trinajstić information content (AvgIpc) is 3.04. The molecule has 0 aliphatic heterocycles. The Morgan fingerprint density at radius 2 is 2.18 bits per heavy atom. The first kappa shape index (κ1) is 11.0. The number of aromatic nitrogens is 2. The summed E-state index contributed by atoms with van der Waals surface area (Å²) in [5.74, 6) is 0.547. The SMILES string of the molecule is Cc1cc2c(cc1F)[nH]c(=S)n2C(C)C1CC1. The minimum Gasteiger partial charge on any atom is -0.330 e. The molecule has 1 atom stereocenters. The van der Waals surface area contributed by atoms with Crippen molar-refractivity contribution in [1.29, 1.82) is 0 Å². The van der Waals surface area contributed by atoms with E-state index >= 15 is 0 Å². The number of hydrogen-bond acceptors (Lipinski definition) is 1. The predicted molar refractivity (Wildman–Crippen MR) is 69.3 cm³/mol. The molecule has 1 aromatic heterocycles. The van der Waals surface area contributed by atoms with E-state index < -0.39 is 0 Å². The Hall–Kier alpha value is -1.16. The van der Waals surface area contributed by atoms with Crippen LogP contribution >= 0.6 is 12.2 Å². The monoisotopic (exact) mass is 250 g/mol. The summed E-state index contributed by atoms with van der Waals surface area (Å²) in [5.41, 5.74) is 2.49. The lowest BCUT2D eigenvalue weighted by molar-refractivity contribution is 0.492. The first-order chi connectivity index (χ1) is 8.08. The highest BCUT2D eigenvalue weighted by molar-refractivity contribution is 7.71. The van der Waals surface area contributed by atoms with Crippen molar-refractivity contribution in [2.75, 3.05) is 0 Å². The lowest BCUT2D eigenvalue weighted by Gasteiger charge is -2.13. The smallest absolute Gasteiger partial charge is 0.178 e. The third-order valence-corrected chi connectivity index (χ3v) is 4.01. The predicted octanol–water partition coefficient (Wildman–Crippen LogP) is 4.12. The van der Waals surface area contributed by atoms with Crippen molar-refractivity contribution >= 4 is 23.3 Å². The Morgan fingerprint density at radius 1 is 1.47 bits per heavy atom. The zero-order valence-corrected chi connectivity index (χ0v) is 10.8. The minimum atomic E-state index is -0.181. The van der Waals surface area contributed by atoms with Gasteiger partial charge >= 0.3 is 0 Å². The van der Waals surface area contributed by atoms with Gasteiger partial charge in [0.15, 0.2) is 4.77 Å². The Labute approximate surface area is 104 Å². The number of nitrogens with one attached hydrogen (secondary N) is 1. The zero-order valence-electron chi connectivity index (χ0n) is 9.96. The van der Waals surface area contributed by atoms with Crippen LogP contribution in [0.4, 0.5) is 4.39 Å². The Balaban J connectivity index is 2.26. The molecule has 4 heteroatoms. The van der Waals surface area contributed by atoms with Gasteiger partial charge in [0, 0.05) is 6.04 Å². The summed E-state index contributed by atoms with van der Waals surface area (Å²) in [6.07, 6.45) is 2.55. The first-order valence-electron chi connectivity index (χ1n) is 5.98. The molecule has 0 amide bonds. The maximum absolute atomic E-state index is 13.5. The van der Waals surface area contributed by atoms with Gasteiger partial charge in [-0.15, -0.1) is 0 Å². The van der Waals surface area contributed by atoms with Gasteiger partial charge in [0.1, 0.15) is 5.82 Å². The number of fused-ring (bicyclic) bond motifs is 1. The third-order valence-electron chi connectivity index (χ3n) is 3.71. The van der Waals surface area contributed by atoms with Crippen molar-refractivity contribution in [3.63, 3.8) is 0 Å². The molecule has 17 heavy (non-hydrogen) atoms. The summed E-state index contributed by atoms with van der Waals surface area (Å²) in [6.45, 7) is 3.98. The number of rotatable bonds is 2. The average molecular weight is 250 g/mol. The lowest BCUT2D eigenvalue weighted by atomic mass is 10.1. The van der Waals surface area contributed by atoms with E-state index in [0.29, 0.717) is 16.4 Å². The number of aromatic amines is 1. The molecule has 1 heterocycles. The van der Waals surface area contributed by atoms with E-state index in [4.69, 9.17) is 12.2 Å². The van der Waals surface area contributed by atoms with Crippen molar-refractivity contribution in [2.45, 2.75) is 32.7 Å². The normalized spacial score (nSPS) is 17.6. The molecule has 2 nitrogen and oxygen atoms in total. The summed E-state index contributed by atoms with van der Waals surface area (Å²) in [4.78, 5) is 3.10. The molecular formula is C13H15FN2S. The fraction of sp³-hybridized carbons (Fsp3) is 0.462. The van der Waals surface area contributed by atoms with E-state index in [0.717, 1.165) is 17.0 Å². The van der Waals surface area contributed by atoms with Gasteiger partial charge in [-0.3, -0.25) is 0 Å². The molecule has 90 valence electrons. The Morgan fingerprint density at radius 3 is 2.82 bits per heavy atom. The van der Waals surface area contributed by atoms with E-state index in [1.54, 1.807) is 6.92 Å². The summed E-state index contributed by atoms with van der Waals surface area (Å²) >= 11 is 5.35. The standard InChI is InChI=1S/C13H15FN2S/c1-7-5-12-11(6-10(7)14)15-13(17)16(12)8(2)9-3-4-9/h5-6,8-9H,3-4H2,1-2H3,(H,15,17). The second-order valence-corrected chi connectivity index (χ2v) is 5.38. The summed E-state index contributed by atoms with van der Waals surface area (Å²) < 4.78 is 16.3. The van der Waals surface area contributed by atoms with Crippen LogP contribution < -0.4 is 0 Å². The van der Waals surface area contributed by atoms with E-state index in [1.165, 1.54) is 18.9 Å². The van der Waals surface area contributed by atoms with Crippen molar-refractivity contribution < 1.29 is 4.39 Å². The molecule has 1 aromatic carbocycles. The van der Waals surface area contributed by atoms with Gasteiger partial charge in [-0.25, -0.2) is 4.39 Å². The highest BCUT2D eigenvalue weighted by atomic mass is 32.1. The van der Waals surface area contributed by atoms with Gasteiger partial charge in [0.05, 0.1) is 11.0 Å². The maximum atomic E-state index is 13.5. The molecule has 1 aliphatic carbocycles. The number of H-pyrrole nitrogens is 1. The molecule has 1 aliphatic rings. The first-order valence-corrected chi connectivity index (χ1v) is 6.39. The van der Waals surface area contributed by atoms with Crippen LogP contribution in [-0.2, 0) is 0 Å². The van der Waals surface area contributed by atoms with Gasteiger partial charge in [-0.1, -0.05) is 0 Å². The molecule has 0 saturated heterocycles. The molecule has 3 rings (SSSR count). The number of halogens is 1. The van der Waals surface area contributed by atoms with Gasteiger partial charge in [0.2, 0.25) is 0 Å². The third kappa shape index (κ3) is 1.71. The number of nitrogens with zero attached hydrogens (tertiary/aromatic N) is 1. The maximum Gasteiger partial charge on any atom is 0.178 e. The van der Waals surface area contributed by atoms with Gasteiger partial charge in [-0.2, -0.15) is 0 Å². The van der Waals surface area contributed by atoms with E-state index in [1.807, 2.05) is 6.07 Å². The van der Waals surface area contributed by atoms with Gasteiger partial charge in [0.25, 0.3) is 0 Å². The quantitative estimate of drug-likeness (QED) is 0.795. The molecule has 1 saturated carbocycles. The van der Waals surface area contributed by atoms with Crippen molar-refractivity contribution in [3.8, 4) is 0 Å². The van der Waals surface area contributed by atoms with Crippen LogP contribution in [-0.4, -0.2) is 9.55 Å². The number of benzene rings is 1. The van der Waals surface area contributed by atoms with Crippen LogP contribution in [0.2, 0.25) is 0 Å². The number of imidazole rings is 1. The van der Waals surface area contributed by atoms with Crippen molar-refractivity contribution in [3.05, 3.63) is 28.3 Å².